The Morgan fingerprint density at radius 1 is 1.36 bits per heavy atom. The fraction of sp³-hybridized carbons (Fsp3) is 0.350. The SMILES string of the molecule is CCOP(=O)(Nc1cc(C#CC(C)(C)C)sc1C(=O)O)c1ccc(Cl)cc1C. The Kier molecular flexibility index (Phi) is 7.01. The molecule has 2 aromatic rings. The molecule has 1 aromatic carbocycles. The van der Waals surface area contributed by atoms with E-state index >= 15 is 0 Å². The van der Waals surface area contributed by atoms with Crippen molar-refractivity contribution in [3.8, 4) is 11.8 Å². The number of halogens is 1. The van der Waals surface area contributed by atoms with Gasteiger partial charge in [-0.25, -0.2) is 4.79 Å². The van der Waals surface area contributed by atoms with Crippen molar-refractivity contribution in [3.63, 3.8) is 0 Å². The van der Waals surface area contributed by atoms with Crippen molar-refractivity contribution in [1.29, 1.82) is 0 Å². The van der Waals surface area contributed by atoms with E-state index in [-0.39, 0.29) is 22.6 Å². The minimum Gasteiger partial charge on any atom is -0.477 e. The van der Waals surface area contributed by atoms with Crippen molar-refractivity contribution in [2.45, 2.75) is 34.6 Å². The van der Waals surface area contributed by atoms with Crippen molar-refractivity contribution < 1.29 is 19.0 Å². The maximum atomic E-state index is 13.6. The molecule has 1 atom stereocenters. The lowest BCUT2D eigenvalue weighted by Crippen LogP contribution is -2.17. The van der Waals surface area contributed by atoms with Gasteiger partial charge in [-0.2, -0.15) is 0 Å². The second kappa shape index (κ2) is 8.71. The molecule has 0 amide bonds. The molecule has 2 N–H and O–H groups in total. The van der Waals surface area contributed by atoms with Gasteiger partial charge < -0.3 is 14.7 Å². The summed E-state index contributed by atoms with van der Waals surface area (Å²) in [6.07, 6.45) is 0. The van der Waals surface area contributed by atoms with Crippen LogP contribution in [0.2, 0.25) is 5.02 Å². The molecule has 1 aromatic heterocycles. The smallest absolute Gasteiger partial charge is 0.348 e. The van der Waals surface area contributed by atoms with Crippen LogP contribution in [0.4, 0.5) is 5.69 Å². The number of aryl methyl sites for hydroxylation is 1. The van der Waals surface area contributed by atoms with Gasteiger partial charge >= 0.3 is 13.5 Å². The molecule has 0 bridgehead atoms. The minimum atomic E-state index is -3.57. The van der Waals surface area contributed by atoms with Gasteiger partial charge in [0, 0.05) is 10.4 Å². The fourth-order valence-corrected chi connectivity index (χ4v) is 5.48. The van der Waals surface area contributed by atoms with E-state index in [1.54, 1.807) is 38.1 Å². The number of benzene rings is 1. The second-order valence-electron chi connectivity index (χ2n) is 7.17. The molecule has 1 heterocycles. The number of hydrogen-bond acceptors (Lipinski definition) is 4. The highest BCUT2D eigenvalue weighted by atomic mass is 35.5. The summed E-state index contributed by atoms with van der Waals surface area (Å²) >= 11 is 7.04. The Morgan fingerprint density at radius 2 is 2.04 bits per heavy atom. The first-order valence-electron chi connectivity index (χ1n) is 8.65. The van der Waals surface area contributed by atoms with E-state index in [9.17, 15) is 14.5 Å². The zero-order chi connectivity index (χ0) is 21.1. The molecule has 0 saturated heterocycles. The lowest BCUT2D eigenvalue weighted by atomic mass is 9.98. The molecule has 8 heteroatoms. The van der Waals surface area contributed by atoms with Gasteiger partial charge in [0.25, 0.3) is 0 Å². The number of aromatic carboxylic acids is 1. The third-order valence-electron chi connectivity index (χ3n) is 3.54. The quantitative estimate of drug-likeness (QED) is 0.441. The highest BCUT2D eigenvalue weighted by Gasteiger charge is 2.30. The van der Waals surface area contributed by atoms with Crippen molar-refractivity contribution in [2.24, 2.45) is 5.41 Å². The van der Waals surface area contributed by atoms with Gasteiger partial charge in [0.05, 0.1) is 22.5 Å². The average Bonchev–Trinajstić information content (AvgIpc) is 2.95. The molecule has 0 aliphatic heterocycles. The molecule has 0 fully saturated rings. The van der Waals surface area contributed by atoms with E-state index in [1.807, 2.05) is 20.8 Å². The number of carbonyl (C=O) groups is 1. The predicted octanol–water partition coefficient (Wildman–Crippen LogP) is 5.77. The third kappa shape index (κ3) is 5.62. The van der Waals surface area contributed by atoms with Gasteiger partial charge in [-0.3, -0.25) is 4.57 Å². The molecule has 5 nitrogen and oxygen atoms in total. The van der Waals surface area contributed by atoms with Crippen LogP contribution in [0.1, 0.15) is 47.8 Å². The van der Waals surface area contributed by atoms with Gasteiger partial charge in [0.15, 0.2) is 0 Å². The van der Waals surface area contributed by atoms with Gasteiger partial charge in [0.2, 0.25) is 0 Å². The van der Waals surface area contributed by atoms with E-state index in [1.165, 1.54) is 0 Å². The lowest BCUT2D eigenvalue weighted by Gasteiger charge is -2.21. The zero-order valence-corrected chi connectivity index (χ0v) is 18.9. The van der Waals surface area contributed by atoms with E-state index in [2.05, 4.69) is 16.9 Å². The second-order valence-corrected chi connectivity index (χ2v) is 10.7. The Morgan fingerprint density at radius 3 is 2.57 bits per heavy atom. The van der Waals surface area contributed by atoms with E-state index in [4.69, 9.17) is 16.1 Å². The summed E-state index contributed by atoms with van der Waals surface area (Å²) in [6.45, 7) is 9.61. The first-order valence-corrected chi connectivity index (χ1v) is 11.5. The number of carboxylic acid groups (broad SMARTS) is 1. The van der Waals surface area contributed by atoms with Crippen LogP contribution in [0, 0.1) is 24.2 Å². The van der Waals surface area contributed by atoms with Crippen LogP contribution >= 0.6 is 30.5 Å². The summed E-state index contributed by atoms with van der Waals surface area (Å²) < 4.78 is 19.2. The number of nitrogens with one attached hydrogen (secondary N) is 1. The fourth-order valence-electron chi connectivity index (χ4n) is 2.40. The molecule has 28 heavy (non-hydrogen) atoms. The monoisotopic (exact) mass is 439 g/mol. The maximum absolute atomic E-state index is 13.6. The summed E-state index contributed by atoms with van der Waals surface area (Å²) in [5.41, 5.74) is 0.695. The minimum absolute atomic E-state index is 0.0322. The summed E-state index contributed by atoms with van der Waals surface area (Å²) in [5, 5.41) is 13.4. The van der Waals surface area contributed by atoms with Crippen LogP contribution in [0.5, 0.6) is 0 Å². The topological polar surface area (TPSA) is 75.6 Å². The van der Waals surface area contributed by atoms with Crippen LogP contribution in [-0.4, -0.2) is 17.7 Å². The standard InChI is InChI=1S/C20H23ClNO4PS/c1-6-26-27(25,17-8-7-14(21)11-13(17)2)22-16-12-15(9-10-20(3,4)5)28-18(16)19(23)24/h7-8,11-12H,6H2,1-5H3,(H,22,25)(H,23,24). The Balaban J connectivity index is 2.52. The molecular weight excluding hydrogens is 417 g/mol. The molecule has 0 radical (unpaired) electrons. The van der Waals surface area contributed by atoms with Gasteiger partial charge in [0.1, 0.15) is 4.88 Å². The van der Waals surface area contributed by atoms with Crippen LogP contribution in [0.25, 0.3) is 0 Å². The van der Waals surface area contributed by atoms with Crippen molar-refractivity contribution in [3.05, 3.63) is 44.6 Å². The van der Waals surface area contributed by atoms with Crippen molar-refractivity contribution in [1.82, 2.24) is 0 Å². The summed E-state index contributed by atoms with van der Waals surface area (Å²) in [6, 6.07) is 6.55. The molecule has 0 spiro atoms. The van der Waals surface area contributed by atoms with Crippen molar-refractivity contribution >= 4 is 47.4 Å². The number of carboxylic acids is 1. The molecule has 2 rings (SSSR count). The molecule has 150 valence electrons. The maximum Gasteiger partial charge on any atom is 0.348 e. The molecule has 0 aliphatic rings. The van der Waals surface area contributed by atoms with Crippen LogP contribution in [0.3, 0.4) is 0 Å². The van der Waals surface area contributed by atoms with Crippen LogP contribution < -0.4 is 10.4 Å². The third-order valence-corrected chi connectivity index (χ3v) is 7.11. The summed E-state index contributed by atoms with van der Waals surface area (Å²) in [4.78, 5) is 12.3. The number of rotatable bonds is 6. The number of thiophene rings is 1. The lowest BCUT2D eigenvalue weighted by molar-refractivity contribution is 0.0703. The predicted molar refractivity (Wildman–Crippen MR) is 116 cm³/mol. The highest BCUT2D eigenvalue weighted by molar-refractivity contribution is 7.68. The average molecular weight is 440 g/mol. The van der Waals surface area contributed by atoms with E-state index < -0.39 is 13.5 Å². The Labute approximate surface area is 174 Å². The zero-order valence-electron chi connectivity index (χ0n) is 16.4. The first-order chi connectivity index (χ1) is 12.9. The van der Waals surface area contributed by atoms with Crippen molar-refractivity contribution in [2.75, 3.05) is 11.7 Å². The highest BCUT2D eigenvalue weighted by Crippen LogP contribution is 2.48. The summed E-state index contributed by atoms with van der Waals surface area (Å²) in [7, 11) is -3.57. The van der Waals surface area contributed by atoms with Gasteiger partial charge in [-0.05, 0) is 64.4 Å². The Hall–Kier alpha value is -1.77. The van der Waals surface area contributed by atoms with Gasteiger partial charge in [-0.1, -0.05) is 23.4 Å². The van der Waals surface area contributed by atoms with Gasteiger partial charge in [-0.15, -0.1) is 11.3 Å². The molecule has 0 saturated carbocycles. The molecular formula is C20H23ClNO4PS. The van der Waals surface area contributed by atoms with Crippen LogP contribution in [-0.2, 0) is 9.09 Å². The first kappa shape index (κ1) is 22.5. The molecule has 1 unspecified atom stereocenters. The largest absolute Gasteiger partial charge is 0.477 e. The summed E-state index contributed by atoms with van der Waals surface area (Å²) in [5.74, 6) is 4.95. The number of hydrogen-bond donors (Lipinski definition) is 2. The Bertz CT molecular complexity index is 998. The number of anilines is 1. The molecule has 0 aliphatic carbocycles. The normalized spacial score (nSPS) is 13.4. The van der Waals surface area contributed by atoms with Crippen LogP contribution in [0.15, 0.2) is 24.3 Å². The van der Waals surface area contributed by atoms with E-state index in [0.717, 1.165) is 11.3 Å². The van der Waals surface area contributed by atoms with E-state index in [0.29, 0.717) is 20.8 Å².